The molecule has 2 aromatic rings. The van der Waals surface area contributed by atoms with E-state index < -0.39 is 12.1 Å². The molecule has 0 saturated heterocycles. The number of hydrogen-bond acceptors (Lipinski definition) is 4. The summed E-state index contributed by atoms with van der Waals surface area (Å²) in [6.07, 6.45) is -0.809. The smallest absolute Gasteiger partial charge is 0.335 e. The van der Waals surface area contributed by atoms with Gasteiger partial charge >= 0.3 is 5.97 Å². The van der Waals surface area contributed by atoms with E-state index in [1.54, 1.807) is 13.0 Å². The first-order chi connectivity index (χ1) is 12.8. The number of hydrogen-bond donors (Lipinski definition) is 2. The number of nitrogens with zero attached hydrogens (tertiary/aromatic N) is 1. The molecule has 3 rings (SSSR count). The Morgan fingerprint density at radius 2 is 1.89 bits per heavy atom. The summed E-state index contributed by atoms with van der Waals surface area (Å²) in [4.78, 5) is 37.4. The van der Waals surface area contributed by atoms with E-state index in [1.807, 2.05) is 26.0 Å². The SMILES string of the molecule is Cc1ccc(NC(=O)CN2C(=O)C(C)Oc3cc(C(=O)O)ccc32)cc1C. The van der Waals surface area contributed by atoms with Gasteiger partial charge in [-0.2, -0.15) is 0 Å². The fourth-order valence-electron chi connectivity index (χ4n) is 2.87. The third-order valence-electron chi connectivity index (χ3n) is 4.51. The van der Waals surface area contributed by atoms with Crippen molar-refractivity contribution < 1.29 is 24.2 Å². The number of carboxylic acid groups (broad SMARTS) is 1. The molecule has 0 saturated carbocycles. The number of nitrogens with one attached hydrogen (secondary N) is 1. The quantitative estimate of drug-likeness (QED) is 0.865. The van der Waals surface area contributed by atoms with Crippen molar-refractivity contribution in [2.75, 3.05) is 16.8 Å². The topological polar surface area (TPSA) is 95.9 Å². The number of carbonyl (C=O) groups is 3. The van der Waals surface area contributed by atoms with E-state index in [1.165, 1.54) is 23.1 Å². The summed E-state index contributed by atoms with van der Waals surface area (Å²) < 4.78 is 5.51. The van der Waals surface area contributed by atoms with Crippen molar-refractivity contribution in [1.29, 1.82) is 0 Å². The van der Waals surface area contributed by atoms with E-state index in [0.29, 0.717) is 11.4 Å². The molecule has 0 bridgehead atoms. The number of fused-ring (bicyclic) bond motifs is 1. The fraction of sp³-hybridized carbons (Fsp3) is 0.250. The monoisotopic (exact) mass is 368 g/mol. The van der Waals surface area contributed by atoms with E-state index in [-0.39, 0.29) is 29.7 Å². The lowest BCUT2D eigenvalue weighted by Crippen LogP contribution is -2.47. The fourth-order valence-corrected chi connectivity index (χ4v) is 2.87. The van der Waals surface area contributed by atoms with E-state index >= 15 is 0 Å². The summed E-state index contributed by atoms with van der Waals surface area (Å²) in [5.41, 5.74) is 3.25. The van der Waals surface area contributed by atoms with Crippen molar-refractivity contribution in [1.82, 2.24) is 0 Å². The van der Waals surface area contributed by atoms with E-state index in [2.05, 4.69) is 5.32 Å². The first-order valence-corrected chi connectivity index (χ1v) is 8.48. The maximum absolute atomic E-state index is 12.5. The second-order valence-electron chi connectivity index (χ2n) is 6.52. The third-order valence-corrected chi connectivity index (χ3v) is 4.51. The van der Waals surface area contributed by atoms with Crippen LogP contribution in [0.4, 0.5) is 11.4 Å². The van der Waals surface area contributed by atoms with Crippen LogP contribution in [0.5, 0.6) is 5.75 Å². The molecule has 7 heteroatoms. The molecule has 140 valence electrons. The van der Waals surface area contributed by atoms with E-state index in [9.17, 15) is 14.4 Å². The van der Waals surface area contributed by atoms with Gasteiger partial charge in [-0.25, -0.2) is 4.79 Å². The summed E-state index contributed by atoms with van der Waals surface area (Å²) in [5, 5.41) is 11.9. The zero-order chi connectivity index (χ0) is 19.7. The molecule has 1 aliphatic rings. The van der Waals surface area contributed by atoms with E-state index in [0.717, 1.165) is 11.1 Å². The van der Waals surface area contributed by atoms with Crippen LogP contribution >= 0.6 is 0 Å². The number of anilines is 2. The third kappa shape index (κ3) is 3.76. The highest BCUT2D eigenvalue weighted by molar-refractivity contribution is 6.06. The lowest BCUT2D eigenvalue weighted by Gasteiger charge is -2.32. The number of carbonyl (C=O) groups excluding carboxylic acids is 2. The zero-order valence-corrected chi connectivity index (χ0v) is 15.3. The minimum atomic E-state index is -1.09. The summed E-state index contributed by atoms with van der Waals surface area (Å²) in [6, 6.07) is 9.79. The Morgan fingerprint density at radius 3 is 2.56 bits per heavy atom. The van der Waals surface area contributed by atoms with Crippen molar-refractivity contribution in [3.05, 3.63) is 53.1 Å². The Morgan fingerprint density at radius 1 is 1.15 bits per heavy atom. The van der Waals surface area contributed by atoms with Crippen LogP contribution in [0.15, 0.2) is 36.4 Å². The standard InChI is InChI=1S/C20H20N2O5/c1-11-4-6-15(8-12(11)2)21-18(23)10-22-16-7-5-14(20(25)26)9-17(16)27-13(3)19(22)24/h4-9,13H,10H2,1-3H3,(H,21,23)(H,25,26). The number of benzene rings is 2. The van der Waals surface area contributed by atoms with E-state index in [4.69, 9.17) is 9.84 Å². The molecule has 1 heterocycles. The molecule has 7 nitrogen and oxygen atoms in total. The largest absolute Gasteiger partial charge is 0.479 e. The van der Waals surface area contributed by atoms with Crippen molar-refractivity contribution >= 4 is 29.2 Å². The van der Waals surface area contributed by atoms with Crippen molar-refractivity contribution in [2.45, 2.75) is 26.9 Å². The van der Waals surface area contributed by atoms with Crippen LogP contribution in [0.1, 0.15) is 28.4 Å². The van der Waals surface area contributed by atoms with Gasteiger partial charge < -0.3 is 15.2 Å². The zero-order valence-electron chi connectivity index (χ0n) is 15.3. The van der Waals surface area contributed by atoms with Crippen LogP contribution in [0.3, 0.4) is 0 Å². The Labute approximate surface area is 156 Å². The maximum atomic E-state index is 12.5. The average molecular weight is 368 g/mol. The maximum Gasteiger partial charge on any atom is 0.335 e. The first-order valence-electron chi connectivity index (χ1n) is 8.48. The predicted octanol–water partition coefficient (Wildman–Crippen LogP) is 2.75. The highest BCUT2D eigenvalue weighted by Gasteiger charge is 2.33. The average Bonchev–Trinajstić information content (AvgIpc) is 2.61. The minimum absolute atomic E-state index is 0.0508. The summed E-state index contributed by atoms with van der Waals surface area (Å²) >= 11 is 0. The highest BCUT2D eigenvalue weighted by atomic mass is 16.5. The molecule has 2 aromatic carbocycles. The molecule has 0 fully saturated rings. The number of aryl methyl sites for hydroxylation is 2. The number of ether oxygens (including phenoxy) is 1. The summed E-state index contributed by atoms with van der Waals surface area (Å²) in [6.45, 7) is 5.30. The van der Waals surface area contributed by atoms with Crippen molar-refractivity contribution in [3.8, 4) is 5.75 Å². The van der Waals surface area contributed by atoms with Crippen molar-refractivity contribution in [3.63, 3.8) is 0 Å². The van der Waals surface area contributed by atoms with Crippen LogP contribution in [0, 0.1) is 13.8 Å². The number of carboxylic acids is 1. The molecule has 2 amide bonds. The lowest BCUT2D eigenvalue weighted by atomic mass is 10.1. The van der Waals surface area contributed by atoms with Gasteiger partial charge in [0, 0.05) is 5.69 Å². The van der Waals surface area contributed by atoms with Gasteiger partial charge in [0.25, 0.3) is 5.91 Å². The number of aromatic carboxylic acids is 1. The normalized spacial score (nSPS) is 15.7. The Bertz CT molecular complexity index is 938. The summed E-state index contributed by atoms with van der Waals surface area (Å²) in [5.74, 6) is -1.54. The van der Waals surface area contributed by atoms with Gasteiger partial charge in [0.1, 0.15) is 12.3 Å². The van der Waals surface area contributed by atoms with Gasteiger partial charge in [-0.15, -0.1) is 0 Å². The van der Waals surface area contributed by atoms with Crippen LogP contribution in [0.2, 0.25) is 0 Å². The Hall–Kier alpha value is -3.35. The lowest BCUT2D eigenvalue weighted by molar-refractivity contribution is -0.127. The van der Waals surface area contributed by atoms with Crippen LogP contribution in [-0.2, 0) is 9.59 Å². The van der Waals surface area contributed by atoms with Gasteiger partial charge in [0.15, 0.2) is 6.10 Å². The number of rotatable bonds is 4. The van der Waals surface area contributed by atoms with Gasteiger partial charge in [-0.1, -0.05) is 6.07 Å². The van der Waals surface area contributed by atoms with Crippen LogP contribution < -0.4 is 15.0 Å². The predicted molar refractivity (Wildman–Crippen MR) is 100 cm³/mol. The second kappa shape index (κ2) is 7.11. The molecule has 1 atom stereocenters. The second-order valence-corrected chi connectivity index (χ2v) is 6.52. The van der Waals surface area contributed by atoms with Crippen LogP contribution in [-0.4, -0.2) is 35.5 Å². The molecule has 0 aromatic heterocycles. The molecule has 1 unspecified atom stereocenters. The van der Waals surface area contributed by atoms with Crippen molar-refractivity contribution in [2.24, 2.45) is 0 Å². The minimum Gasteiger partial charge on any atom is -0.479 e. The molecule has 0 spiro atoms. The molecule has 0 radical (unpaired) electrons. The molecule has 1 aliphatic heterocycles. The molecule has 27 heavy (non-hydrogen) atoms. The number of amides is 2. The van der Waals surface area contributed by atoms with Gasteiger partial charge in [-0.05, 0) is 62.2 Å². The highest BCUT2D eigenvalue weighted by Crippen LogP contribution is 2.35. The molecular formula is C20H20N2O5. The Kier molecular flexibility index (Phi) is 4.85. The van der Waals surface area contributed by atoms with Gasteiger partial charge in [0.05, 0.1) is 11.3 Å². The molecule has 2 N–H and O–H groups in total. The van der Waals surface area contributed by atoms with Gasteiger partial charge in [-0.3, -0.25) is 14.5 Å². The molecular weight excluding hydrogens is 348 g/mol. The van der Waals surface area contributed by atoms with Gasteiger partial charge in [0.2, 0.25) is 5.91 Å². The first kappa shape index (κ1) is 18.4. The summed E-state index contributed by atoms with van der Waals surface area (Å²) in [7, 11) is 0. The van der Waals surface area contributed by atoms with Crippen LogP contribution in [0.25, 0.3) is 0 Å². The molecule has 0 aliphatic carbocycles. The Balaban J connectivity index is 1.83.